The lowest BCUT2D eigenvalue weighted by Gasteiger charge is -2.09. The number of carbonyl (C=O) groups is 1. The fraction of sp³-hybridized carbons (Fsp3) is 0.125. The predicted octanol–water partition coefficient (Wildman–Crippen LogP) is 5.64. The number of hydrogen-bond donors (Lipinski definition) is 0. The van der Waals surface area contributed by atoms with Crippen LogP contribution in [0.1, 0.15) is 32.6 Å². The van der Waals surface area contributed by atoms with Gasteiger partial charge in [0, 0.05) is 11.6 Å². The number of carbonyl (C=O) groups excluding carboxylic acids is 1. The number of benzene rings is 3. The molecule has 140 valence electrons. The highest BCUT2D eigenvalue weighted by molar-refractivity contribution is 6.15. The van der Waals surface area contributed by atoms with Crippen LogP contribution in [0, 0.1) is 19.7 Å². The van der Waals surface area contributed by atoms with E-state index in [-0.39, 0.29) is 24.0 Å². The van der Waals surface area contributed by atoms with Crippen molar-refractivity contribution in [2.45, 2.75) is 20.5 Å². The normalized spacial score (nSPS) is 14.1. The predicted molar refractivity (Wildman–Crippen MR) is 106 cm³/mol. The third-order valence-electron chi connectivity index (χ3n) is 4.64. The minimum Gasteiger partial charge on any atom is -0.489 e. The first-order valence-corrected chi connectivity index (χ1v) is 9.03. The molecule has 0 aromatic heterocycles. The first kappa shape index (κ1) is 18.0. The molecule has 4 rings (SSSR count). The van der Waals surface area contributed by atoms with E-state index in [4.69, 9.17) is 9.47 Å². The van der Waals surface area contributed by atoms with Crippen molar-refractivity contribution in [1.29, 1.82) is 0 Å². The molecule has 0 bridgehead atoms. The zero-order valence-electron chi connectivity index (χ0n) is 15.7. The molecule has 0 fully saturated rings. The number of aryl methyl sites for hydroxylation is 2. The van der Waals surface area contributed by atoms with Crippen LogP contribution in [-0.4, -0.2) is 5.78 Å². The largest absolute Gasteiger partial charge is 0.489 e. The fourth-order valence-electron chi connectivity index (χ4n) is 3.25. The molecule has 3 nitrogen and oxygen atoms in total. The Bertz CT molecular complexity index is 1100. The van der Waals surface area contributed by atoms with E-state index in [0.29, 0.717) is 22.6 Å². The lowest BCUT2D eigenvalue weighted by molar-refractivity contribution is 0.101. The average Bonchev–Trinajstić information content (AvgIpc) is 2.97. The Balaban J connectivity index is 1.58. The van der Waals surface area contributed by atoms with Gasteiger partial charge in [-0.05, 0) is 43.2 Å². The number of hydrogen-bond acceptors (Lipinski definition) is 3. The van der Waals surface area contributed by atoms with E-state index in [1.807, 2.05) is 38.1 Å². The molecule has 0 atom stereocenters. The fourth-order valence-corrected chi connectivity index (χ4v) is 3.25. The van der Waals surface area contributed by atoms with Crippen molar-refractivity contribution in [3.63, 3.8) is 0 Å². The van der Waals surface area contributed by atoms with Gasteiger partial charge in [0.05, 0.1) is 5.56 Å². The van der Waals surface area contributed by atoms with E-state index in [1.165, 1.54) is 6.07 Å². The first-order valence-electron chi connectivity index (χ1n) is 9.03. The van der Waals surface area contributed by atoms with Gasteiger partial charge in [0.1, 0.15) is 23.9 Å². The van der Waals surface area contributed by atoms with Crippen LogP contribution in [0.25, 0.3) is 6.08 Å². The summed E-state index contributed by atoms with van der Waals surface area (Å²) < 4.78 is 25.3. The van der Waals surface area contributed by atoms with Crippen LogP contribution < -0.4 is 9.47 Å². The minimum absolute atomic E-state index is 0.102. The lowest BCUT2D eigenvalue weighted by Crippen LogP contribution is -2.00. The first-order chi connectivity index (χ1) is 13.5. The lowest BCUT2D eigenvalue weighted by atomic mass is 10.0. The second-order valence-corrected chi connectivity index (χ2v) is 6.85. The molecule has 0 amide bonds. The second kappa shape index (κ2) is 7.31. The number of Topliss-reactive ketones (excluding diaryl/α,β-unsaturated/α-hetero) is 1. The van der Waals surface area contributed by atoms with Crippen LogP contribution in [0.3, 0.4) is 0 Å². The topological polar surface area (TPSA) is 35.5 Å². The molecule has 0 saturated carbocycles. The van der Waals surface area contributed by atoms with Gasteiger partial charge in [0.2, 0.25) is 5.78 Å². The molecular weight excluding hydrogens is 355 g/mol. The van der Waals surface area contributed by atoms with Gasteiger partial charge in [-0.25, -0.2) is 4.39 Å². The van der Waals surface area contributed by atoms with Gasteiger partial charge in [-0.3, -0.25) is 4.79 Å². The molecule has 0 saturated heterocycles. The molecule has 3 aromatic carbocycles. The van der Waals surface area contributed by atoms with Crippen molar-refractivity contribution in [1.82, 2.24) is 0 Å². The third kappa shape index (κ3) is 3.54. The molecule has 1 aliphatic rings. The van der Waals surface area contributed by atoms with Gasteiger partial charge in [0.25, 0.3) is 0 Å². The summed E-state index contributed by atoms with van der Waals surface area (Å²) in [7, 11) is 0. The van der Waals surface area contributed by atoms with E-state index >= 15 is 0 Å². The number of fused-ring (bicyclic) bond motifs is 1. The molecule has 4 heteroatoms. The maximum absolute atomic E-state index is 13.8. The van der Waals surface area contributed by atoms with Crippen molar-refractivity contribution in [3.8, 4) is 11.5 Å². The molecule has 0 N–H and O–H groups in total. The SMILES string of the molecule is Cc1cccc(/C=C2\Oc3cc(OCc4ccccc4F)cc(C)c3C2=O)c1. The second-order valence-electron chi connectivity index (χ2n) is 6.85. The van der Waals surface area contributed by atoms with Gasteiger partial charge in [0.15, 0.2) is 5.76 Å². The summed E-state index contributed by atoms with van der Waals surface area (Å²) in [5.74, 6) is 0.830. The zero-order valence-corrected chi connectivity index (χ0v) is 15.7. The molecule has 28 heavy (non-hydrogen) atoms. The summed E-state index contributed by atoms with van der Waals surface area (Å²) in [5.41, 5.74) is 3.79. The zero-order chi connectivity index (χ0) is 19.7. The molecule has 0 unspecified atom stereocenters. The number of halogens is 1. The molecule has 3 aromatic rings. The molecule has 1 aliphatic heterocycles. The summed E-state index contributed by atoms with van der Waals surface area (Å²) in [6, 6.07) is 17.8. The van der Waals surface area contributed by atoms with Crippen molar-refractivity contribution < 1.29 is 18.7 Å². The Labute approximate surface area is 163 Å². The van der Waals surface area contributed by atoms with Gasteiger partial charge in [-0.2, -0.15) is 0 Å². The van der Waals surface area contributed by atoms with E-state index in [1.54, 1.807) is 36.4 Å². The summed E-state index contributed by atoms with van der Waals surface area (Å²) in [6.07, 6.45) is 1.74. The van der Waals surface area contributed by atoms with Gasteiger partial charge in [-0.15, -0.1) is 0 Å². The standard InChI is InChI=1S/C24H19FO3/c1-15-6-5-7-17(10-15)12-22-24(26)23-16(2)11-19(13-21(23)28-22)27-14-18-8-3-4-9-20(18)25/h3-13H,14H2,1-2H3/b22-12-. The number of allylic oxidation sites excluding steroid dienone is 1. The van der Waals surface area contributed by atoms with Crippen LogP contribution in [0.15, 0.2) is 66.4 Å². The number of ketones is 1. The maximum atomic E-state index is 13.8. The molecule has 0 spiro atoms. The molecule has 0 radical (unpaired) electrons. The van der Waals surface area contributed by atoms with Gasteiger partial charge < -0.3 is 9.47 Å². The van der Waals surface area contributed by atoms with Crippen molar-refractivity contribution in [2.75, 3.05) is 0 Å². The highest BCUT2D eigenvalue weighted by atomic mass is 19.1. The minimum atomic E-state index is -0.310. The van der Waals surface area contributed by atoms with Crippen LogP contribution in [0.2, 0.25) is 0 Å². The highest BCUT2D eigenvalue weighted by Crippen LogP contribution is 2.37. The van der Waals surface area contributed by atoms with Gasteiger partial charge in [-0.1, -0.05) is 48.0 Å². The Morgan fingerprint density at radius 2 is 1.86 bits per heavy atom. The van der Waals surface area contributed by atoms with E-state index in [9.17, 15) is 9.18 Å². The van der Waals surface area contributed by atoms with Crippen molar-refractivity contribution in [2.24, 2.45) is 0 Å². The van der Waals surface area contributed by atoms with E-state index < -0.39 is 0 Å². The molecular formula is C24H19FO3. The van der Waals surface area contributed by atoms with Gasteiger partial charge >= 0.3 is 0 Å². The molecule has 0 aliphatic carbocycles. The third-order valence-corrected chi connectivity index (χ3v) is 4.64. The van der Waals surface area contributed by atoms with Crippen molar-refractivity contribution >= 4 is 11.9 Å². The molecule has 1 heterocycles. The summed E-state index contributed by atoms with van der Waals surface area (Å²) in [6.45, 7) is 3.94. The maximum Gasteiger partial charge on any atom is 0.232 e. The van der Waals surface area contributed by atoms with Crippen LogP contribution in [0.5, 0.6) is 11.5 Å². The van der Waals surface area contributed by atoms with Crippen LogP contribution in [-0.2, 0) is 6.61 Å². The Hall–Kier alpha value is -3.40. The average molecular weight is 374 g/mol. The Morgan fingerprint density at radius 3 is 2.64 bits per heavy atom. The summed E-state index contributed by atoms with van der Waals surface area (Å²) >= 11 is 0. The van der Waals surface area contributed by atoms with E-state index in [2.05, 4.69) is 0 Å². The van der Waals surface area contributed by atoms with E-state index in [0.717, 1.165) is 16.7 Å². The van der Waals surface area contributed by atoms with Crippen molar-refractivity contribution in [3.05, 3.63) is 100 Å². The Morgan fingerprint density at radius 1 is 1.04 bits per heavy atom. The summed E-state index contributed by atoms with van der Waals surface area (Å²) in [5, 5.41) is 0. The van der Waals surface area contributed by atoms with Crippen LogP contribution >= 0.6 is 0 Å². The number of ether oxygens (including phenoxy) is 2. The monoisotopic (exact) mass is 374 g/mol. The Kier molecular flexibility index (Phi) is 4.70. The van der Waals surface area contributed by atoms with Crippen LogP contribution in [0.4, 0.5) is 4.39 Å². The quantitative estimate of drug-likeness (QED) is 0.555. The smallest absolute Gasteiger partial charge is 0.232 e. The highest BCUT2D eigenvalue weighted by Gasteiger charge is 2.30. The number of rotatable bonds is 4. The summed E-state index contributed by atoms with van der Waals surface area (Å²) in [4.78, 5) is 12.8.